The second kappa shape index (κ2) is 7.56. The lowest BCUT2D eigenvalue weighted by atomic mass is 10.1. The fourth-order valence-corrected chi connectivity index (χ4v) is 2.66. The number of ether oxygens (including phenoxy) is 1. The van der Waals surface area contributed by atoms with Crippen LogP contribution >= 0.6 is 11.3 Å². The normalized spacial score (nSPS) is 10.9. The van der Waals surface area contributed by atoms with Gasteiger partial charge < -0.3 is 4.74 Å². The van der Waals surface area contributed by atoms with Gasteiger partial charge in [-0.05, 0) is 36.6 Å². The Morgan fingerprint density at radius 1 is 1.38 bits per heavy atom. The zero-order chi connectivity index (χ0) is 16.8. The van der Waals surface area contributed by atoms with Crippen LogP contribution in [0.5, 0.6) is 5.75 Å². The van der Waals surface area contributed by atoms with E-state index in [4.69, 9.17) is 4.74 Å². The molecule has 1 aromatic carbocycles. The van der Waals surface area contributed by atoms with Crippen LogP contribution in [0.15, 0.2) is 52.9 Å². The number of thiophene rings is 1. The molecule has 6 nitrogen and oxygen atoms in total. The highest BCUT2D eigenvalue weighted by Gasteiger charge is 2.11. The molecule has 2 N–H and O–H groups in total. The number of nitrogens with zero attached hydrogens (tertiary/aromatic N) is 2. The van der Waals surface area contributed by atoms with Gasteiger partial charge in [-0.2, -0.15) is 10.2 Å². The van der Waals surface area contributed by atoms with Crippen molar-refractivity contribution in [3.8, 4) is 17.0 Å². The molecule has 0 spiro atoms. The summed E-state index contributed by atoms with van der Waals surface area (Å²) in [6.45, 7) is 2.53. The minimum Gasteiger partial charge on any atom is -0.494 e. The molecule has 0 radical (unpaired) electrons. The Morgan fingerprint density at radius 3 is 3.08 bits per heavy atom. The van der Waals surface area contributed by atoms with Gasteiger partial charge >= 0.3 is 0 Å². The number of amides is 1. The summed E-state index contributed by atoms with van der Waals surface area (Å²) in [6.07, 6.45) is 1.60. The van der Waals surface area contributed by atoms with Gasteiger partial charge in [0, 0.05) is 10.4 Å². The van der Waals surface area contributed by atoms with Crippen molar-refractivity contribution in [3.05, 3.63) is 58.4 Å². The van der Waals surface area contributed by atoms with E-state index in [0.717, 1.165) is 16.2 Å². The summed E-state index contributed by atoms with van der Waals surface area (Å²) in [7, 11) is 0. The van der Waals surface area contributed by atoms with Gasteiger partial charge in [-0.25, -0.2) is 5.43 Å². The number of hydrogen-bond donors (Lipinski definition) is 2. The van der Waals surface area contributed by atoms with Crippen LogP contribution in [-0.2, 0) is 0 Å². The van der Waals surface area contributed by atoms with Crippen LogP contribution in [0.1, 0.15) is 22.3 Å². The molecule has 7 heteroatoms. The fourth-order valence-electron chi connectivity index (χ4n) is 2.08. The lowest BCUT2D eigenvalue weighted by molar-refractivity contribution is 0.0950. The number of aromatic amines is 1. The Kier molecular flexibility index (Phi) is 5.02. The number of nitrogens with one attached hydrogen (secondary N) is 2. The van der Waals surface area contributed by atoms with E-state index in [-0.39, 0.29) is 5.91 Å². The third-order valence-corrected chi connectivity index (χ3v) is 3.97. The lowest BCUT2D eigenvalue weighted by Crippen LogP contribution is -2.17. The largest absolute Gasteiger partial charge is 0.494 e. The predicted molar refractivity (Wildman–Crippen MR) is 94.6 cm³/mol. The molecule has 0 bridgehead atoms. The van der Waals surface area contributed by atoms with E-state index < -0.39 is 0 Å². The van der Waals surface area contributed by atoms with E-state index in [0.29, 0.717) is 18.0 Å². The molecular formula is C17H16N4O2S. The highest BCUT2D eigenvalue weighted by molar-refractivity contribution is 7.11. The first-order valence-electron chi connectivity index (χ1n) is 7.42. The van der Waals surface area contributed by atoms with Gasteiger partial charge in [0.15, 0.2) is 0 Å². The summed E-state index contributed by atoms with van der Waals surface area (Å²) < 4.78 is 5.48. The van der Waals surface area contributed by atoms with Gasteiger partial charge in [0.05, 0.1) is 18.5 Å². The molecule has 2 heterocycles. The zero-order valence-corrected chi connectivity index (χ0v) is 13.8. The van der Waals surface area contributed by atoms with E-state index in [1.54, 1.807) is 23.6 Å². The first kappa shape index (κ1) is 15.9. The highest BCUT2D eigenvalue weighted by atomic mass is 32.1. The zero-order valence-electron chi connectivity index (χ0n) is 13.0. The molecule has 3 aromatic rings. The molecule has 0 unspecified atom stereocenters. The van der Waals surface area contributed by atoms with Crippen molar-refractivity contribution in [3.63, 3.8) is 0 Å². The number of benzene rings is 1. The second-order valence-corrected chi connectivity index (χ2v) is 5.82. The van der Waals surface area contributed by atoms with Crippen LogP contribution in [-0.4, -0.2) is 28.9 Å². The predicted octanol–water partition coefficient (Wildman–Crippen LogP) is 3.30. The number of carbonyl (C=O) groups is 1. The van der Waals surface area contributed by atoms with Crippen LogP contribution in [0.4, 0.5) is 0 Å². The van der Waals surface area contributed by atoms with Crippen molar-refractivity contribution in [1.82, 2.24) is 15.6 Å². The Balaban J connectivity index is 1.68. The Bertz CT molecular complexity index is 840. The van der Waals surface area contributed by atoms with Gasteiger partial charge in [0.1, 0.15) is 11.4 Å². The van der Waals surface area contributed by atoms with E-state index in [1.807, 2.05) is 48.7 Å². The van der Waals surface area contributed by atoms with Crippen molar-refractivity contribution < 1.29 is 9.53 Å². The molecule has 122 valence electrons. The minimum absolute atomic E-state index is 0.343. The molecule has 0 aliphatic carbocycles. The summed E-state index contributed by atoms with van der Waals surface area (Å²) in [4.78, 5) is 13.0. The van der Waals surface area contributed by atoms with E-state index in [9.17, 15) is 4.79 Å². The minimum atomic E-state index is -0.345. The van der Waals surface area contributed by atoms with Crippen molar-refractivity contribution in [2.75, 3.05) is 6.61 Å². The number of hydrazone groups is 1. The third kappa shape index (κ3) is 3.88. The molecule has 24 heavy (non-hydrogen) atoms. The number of aromatic nitrogens is 2. The van der Waals surface area contributed by atoms with Crippen molar-refractivity contribution >= 4 is 23.5 Å². The summed E-state index contributed by atoms with van der Waals surface area (Å²) >= 11 is 1.54. The lowest BCUT2D eigenvalue weighted by Gasteiger charge is -2.03. The maximum absolute atomic E-state index is 12.1. The first-order valence-corrected chi connectivity index (χ1v) is 8.30. The number of H-pyrrole nitrogens is 1. The summed E-state index contributed by atoms with van der Waals surface area (Å²) in [5.41, 5.74) is 4.36. The van der Waals surface area contributed by atoms with Crippen LogP contribution in [0, 0.1) is 0 Å². The number of hydrogen-bond acceptors (Lipinski definition) is 5. The molecule has 0 atom stereocenters. The Hall–Kier alpha value is -2.93. The molecule has 0 fully saturated rings. The molecule has 1 amide bonds. The van der Waals surface area contributed by atoms with Gasteiger partial charge in [0.2, 0.25) is 0 Å². The van der Waals surface area contributed by atoms with E-state index in [2.05, 4.69) is 20.7 Å². The topological polar surface area (TPSA) is 79.4 Å². The van der Waals surface area contributed by atoms with Gasteiger partial charge in [-0.1, -0.05) is 18.2 Å². The number of carbonyl (C=O) groups excluding carboxylic acids is 1. The molecule has 0 saturated heterocycles. The standard InChI is InChI=1S/C17H16N4O2S/c1-2-23-13-6-3-5-12(9-13)15-10-16(20-19-15)17(22)21-18-11-14-7-4-8-24-14/h3-11H,2H2,1H3,(H,19,20)(H,21,22). The van der Waals surface area contributed by atoms with Crippen molar-refractivity contribution in [1.29, 1.82) is 0 Å². The highest BCUT2D eigenvalue weighted by Crippen LogP contribution is 2.22. The van der Waals surface area contributed by atoms with Crippen molar-refractivity contribution in [2.24, 2.45) is 5.10 Å². The van der Waals surface area contributed by atoms with Gasteiger partial charge in [-0.3, -0.25) is 9.89 Å². The fraction of sp³-hybridized carbons (Fsp3) is 0.118. The summed E-state index contributed by atoms with van der Waals surface area (Å²) in [5.74, 6) is 0.423. The summed E-state index contributed by atoms with van der Waals surface area (Å²) in [5, 5.41) is 12.8. The number of rotatable bonds is 6. The third-order valence-electron chi connectivity index (χ3n) is 3.16. The first-order chi connectivity index (χ1) is 11.8. The van der Waals surface area contributed by atoms with Crippen LogP contribution in [0.2, 0.25) is 0 Å². The quantitative estimate of drug-likeness (QED) is 0.534. The molecule has 0 saturated carbocycles. The van der Waals surface area contributed by atoms with E-state index >= 15 is 0 Å². The molecule has 3 rings (SSSR count). The van der Waals surface area contributed by atoms with Gasteiger partial charge in [-0.15, -0.1) is 11.3 Å². The Labute approximate surface area is 143 Å². The molecule has 0 aliphatic heterocycles. The average Bonchev–Trinajstić information content (AvgIpc) is 3.27. The summed E-state index contributed by atoms with van der Waals surface area (Å²) in [6, 6.07) is 13.1. The Morgan fingerprint density at radius 2 is 2.29 bits per heavy atom. The molecule has 0 aliphatic rings. The second-order valence-electron chi connectivity index (χ2n) is 4.84. The molecule has 2 aromatic heterocycles. The maximum atomic E-state index is 12.1. The van der Waals surface area contributed by atoms with Crippen LogP contribution in [0.25, 0.3) is 11.3 Å². The van der Waals surface area contributed by atoms with E-state index in [1.165, 1.54) is 0 Å². The van der Waals surface area contributed by atoms with Gasteiger partial charge in [0.25, 0.3) is 5.91 Å². The molecular weight excluding hydrogens is 324 g/mol. The maximum Gasteiger partial charge on any atom is 0.289 e. The monoisotopic (exact) mass is 340 g/mol. The average molecular weight is 340 g/mol. The van der Waals surface area contributed by atoms with Crippen molar-refractivity contribution in [2.45, 2.75) is 6.92 Å². The van der Waals surface area contributed by atoms with Crippen LogP contribution < -0.4 is 10.2 Å². The smallest absolute Gasteiger partial charge is 0.289 e. The van der Waals surface area contributed by atoms with Crippen LogP contribution in [0.3, 0.4) is 0 Å². The SMILES string of the molecule is CCOc1cccc(-c2cc(C(=O)NN=Cc3cccs3)[nH]n2)c1.